The molecule has 1 unspecified atom stereocenters. The summed E-state index contributed by atoms with van der Waals surface area (Å²) in [6.07, 6.45) is -2.06. The Kier molecular flexibility index (Phi) is 4.75. The van der Waals surface area contributed by atoms with Crippen LogP contribution in [0.15, 0.2) is 0 Å². The number of hydrogen-bond donors (Lipinski definition) is 4. The third kappa shape index (κ3) is 3.63. The van der Waals surface area contributed by atoms with Crippen molar-refractivity contribution in [2.75, 3.05) is 6.61 Å². The van der Waals surface area contributed by atoms with E-state index in [1.54, 1.807) is 0 Å². The van der Waals surface area contributed by atoms with Gasteiger partial charge in [0.15, 0.2) is 6.23 Å². The van der Waals surface area contributed by atoms with Crippen molar-refractivity contribution in [3.05, 3.63) is 0 Å². The molecule has 0 aliphatic carbocycles. The minimum absolute atomic E-state index is 0.509. The van der Waals surface area contributed by atoms with Gasteiger partial charge in [-0.15, -0.1) is 0 Å². The molecular formula is C6H14N2O4. The molecule has 0 fully saturated rings. The molecule has 0 saturated heterocycles. The van der Waals surface area contributed by atoms with Gasteiger partial charge in [-0.3, -0.25) is 10.5 Å². The molecule has 0 radical (unpaired) electrons. The maximum Gasteiger partial charge on any atom is 0.326 e. The van der Waals surface area contributed by atoms with E-state index in [1.807, 2.05) is 0 Å². The maximum absolute atomic E-state index is 10.8. The van der Waals surface area contributed by atoms with E-state index in [9.17, 15) is 4.79 Å². The van der Waals surface area contributed by atoms with Gasteiger partial charge in [-0.25, -0.2) is 0 Å². The molecule has 0 aliphatic rings. The van der Waals surface area contributed by atoms with Crippen LogP contribution in [0.4, 0.5) is 0 Å². The lowest BCUT2D eigenvalue weighted by Crippen LogP contribution is -2.43. The average Bonchev–Trinajstić information content (AvgIpc) is 2.02. The molecule has 0 aromatic carbocycles. The molecule has 0 amide bonds. The van der Waals surface area contributed by atoms with Crippen molar-refractivity contribution in [1.29, 1.82) is 0 Å². The number of hydrogen-bond acceptors (Lipinski definition) is 6. The van der Waals surface area contributed by atoms with Crippen molar-refractivity contribution in [3.63, 3.8) is 0 Å². The highest BCUT2D eigenvalue weighted by atomic mass is 16.6. The zero-order valence-corrected chi connectivity index (χ0v) is 6.80. The highest BCUT2D eigenvalue weighted by Gasteiger charge is 2.19. The third-order valence-corrected chi connectivity index (χ3v) is 1.23. The summed E-state index contributed by atoms with van der Waals surface area (Å²) in [5.41, 5.74) is 10.3. The van der Waals surface area contributed by atoms with Gasteiger partial charge in [0.05, 0.1) is 6.61 Å². The smallest absolute Gasteiger partial charge is 0.326 e. The number of carbonyl (C=O) groups is 1. The number of aliphatic hydroxyl groups excluding tert-OH is 2. The zero-order valence-electron chi connectivity index (χ0n) is 6.80. The molecular weight excluding hydrogens is 164 g/mol. The summed E-state index contributed by atoms with van der Waals surface area (Å²) < 4.78 is 4.47. The van der Waals surface area contributed by atoms with Crippen LogP contribution in [-0.2, 0) is 9.53 Å². The van der Waals surface area contributed by atoms with Crippen molar-refractivity contribution >= 4 is 5.97 Å². The van der Waals surface area contributed by atoms with Crippen molar-refractivity contribution in [3.8, 4) is 0 Å². The molecule has 0 heterocycles. The minimum Gasteiger partial charge on any atom is -0.443 e. The van der Waals surface area contributed by atoms with Gasteiger partial charge < -0.3 is 20.7 Å². The van der Waals surface area contributed by atoms with Crippen molar-refractivity contribution in [2.45, 2.75) is 25.3 Å². The molecule has 6 heteroatoms. The van der Waals surface area contributed by atoms with E-state index in [0.717, 1.165) is 0 Å². The highest BCUT2D eigenvalue weighted by Crippen LogP contribution is 1.93. The van der Waals surface area contributed by atoms with Crippen LogP contribution in [0.25, 0.3) is 0 Å². The molecule has 0 bridgehead atoms. The molecule has 72 valence electrons. The number of nitrogens with two attached hydrogens (primary N) is 2. The molecule has 0 aromatic rings. The second-order valence-electron chi connectivity index (χ2n) is 2.43. The summed E-state index contributed by atoms with van der Waals surface area (Å²) in [5.74, 6) is -0.828. The van der Waals surface area contributed by atoms with Crippen molar-refractivity contribution in [2.24, 2.45) is 11.5 Å². The lowest BCUT2D eigenvalue weighted by Gasteiger charge is -2.17. The van der Waals surface area contributed by atoms with Crippen LogP contribution < -0.4 is 11.5 Å². The molecule has 0 saturated carbocycles. The lowest BCUT2D eigenvalue weighted by molar-refractivity contribution is -0.156. The van der Waals surface area contributed by atoms with Gasteiger partial charge in [0.2, 0.25) is 0 Å². The first kappa shape index (κ1) is 11.3. The number of rotatable bonds is 4. The molecule has 6 N–H and O–H groups in total. The topological polar surface area (TPSA) is 119 Å². The molecule has 12 heavy (non-hydrogen) atoms. The summed E-state index contributed by atoms with van der Waals surface area (Å²) in [7, 11) is 0. The van der Waals surface area contributed by atoms with Crippen LogP contribution in [0.5, 0.6) is 0 Å². The second kappa shape index (κ2) is 5.04. The standard InChI is InChI=1S/C6H14N2O4/c1-3(10)5(8)12-6(11)4(7)2-9/h3-5,9-10H,2,7-8H2,1H3/t3?,4-,5+/m0/s1. The minimum atomic E-state index is -1.10. The first-order chi connectivity index (χ1) is 5.49. The largest absolute Gasteiger partial charge is 0.443 e. The quantitative estimate of drug-likeness (QED) is 0.279. The van der Waals surface area contributed by atoms with Crippen LogP contribution in [0.1, 0.15) is 6.92 Å². The lowest BCUT2D eigenvalue weighted by atomic mass is 10.3. The average molecular weight is 178 g/mol. The Labute approximate surface area is 70.1 Å². The number of aliphatic hydroxyl groups is 2. The van der Waals surface area contributed by atoms with Crippen LogP contribution >= 0.6 is 0 Å². The van der Waals surface area contributed by atoms with E-state index in [0.29, 0.717) is 0 Å². The fraction of sp³-hybridized carbons (Fsp3) is 0.833. The first-order valence-electron chi connectivity index (χ1n) is 3.49. The van der Waals surface area contributed by atoms with Gasteiger partial charge in [-0.1, -0.05) is 0 Å². The fourth-order valence-electron chi connectivity index (χ4n) is 0.395. The first-order valence-corrected chi connectivity index (χ1v) is 3.49. The summed E-state index contributed by atoms with van der Waals surface area (Å²) in [6, 6.07) is -1.10. The van der Waals surface area contributed by atoms with Gasteiger partial charge >= 0.3 is 5.97 Å². The third-order valence-electron chi connectivity index (χ3n) is 1.23. The Morgan fingerprint density at radius 1 is 1.58 bits per heavy atom. The Bertz CT molecular complexity index is 150. The molecule has 3 atom stereocenters. The SMILES string of the molecule is CC(O)[C@H](N)OC(=O)[C@@H](N)CO. The van der Waals surface area contributed by atoms with E-state index in [2.05, 4.69) is 4.74 Å². The van der Waals surface area contributed by atoms with Crippen molar-refractivity contribution in [1.82, 2.24) is 0 Å². The van der Waals surface area contributed by atoms with Crippen LogP contribution in [0, 0.1) is 0 Å². The van der Waals surface area contributed by atoms with Gasteiger partial charge in [0.1, 0.15) is 12.1 Å². The van der Waals surface area contributed by atoms with Gasteiger partial charge in [-0.2, -0.15) is 0 Å². The maximum atomic E-state index is 10.8. The second-order valence-corrected chi connectivity index (χ2v) is 2.43. The Balaban J connectivity index is 3.84. The van der Waals surface area contributed by atoms with E-state index in [1.165, 1.54) is 6.92 Å². The molecule has 0 spiro atoms. The number of carbonyl (C=O) groups excluding carboxylic acids is 1. The summed E-state index contributed by atoms with van der Waals surface area (Å²) >= 11 is 0. The van der Waals surface area contributed by atoms with Crippen LogP contribution in [0.2, 0.25) is 0 Å². The molecule has 0 aromatic heterocycles. The predicted octanol–water partition coefficient (Wildman–Crippen LogP) is -2.49. The zero-order chi connectivity index (χ0) is 9.72. The Hall–Kier alpha value is -0.690. The monoisotopic (exact) mass is 178 g/mol. The summed E-state index contributed by atoms with van der Waals surface area (Å²) in [4.78, 5) is 10.8. The van der Waals surface area contributed by atoms with Gasteiger partial charge in [-0.05, 0) is 6.92 Å². The van der Waals surface area contributed by atoms with E-state index >= 15 is 0 Å². The van der Waals surface area contributed by atoms with Gasteiger partial charge in [0.25, 0.3) is 0 Å². The fourth-order valence-corrected chi connectivity index (χ4v) is 0.395. The van der Waals surface area contributed by atoms with E-state index < -0.39 is 30.9 Å². The van der Waals surface area contributed by atoms with Gasteiger partial charge in [0, 0.05) is 0 Å². The predicted molar refractivity (Wildman–Crippen MR) is 40.8 cm³/mol. The summed E-state index contributed by atoms with van der Waals surface area (Å²) in [6.45, 7) is 0.869. The number of ether oxygens (including phenoxy) is 1. The van der Waals surface area contributed by atoms with E-state index in [4.69, 9.17) is 21.7 Å². The Morgan fingerprint density at radius 3 is 2.42 bits per heavy atom. The number of esters is 1. The summed E-state index contributed by atoms with van der Waals surface area (Å²) in [5, 5.41) is 17.2. The Morgan fingerprint density at radius 2 is 2.08 bits per heavy atom. The molecule has 0 aliphatic heterocycles. The van der Waals surface area contributed by atoms with Crippen molar-refractivity contribution < 1.29 is 19.7 Å². The van der Waals surface area contributed by atoms with Crippen LogP contribution in [0.3, 0.4) is 0 Å². The highest BCUT2D eigenvalue weighted by molar-refractivity contribution is 5.75. The molecule has 0 rings (SSSR count). The van der Waals surface area contributed by atoms with Crippen LogP contribution in [-0.4, -0.2) is 41.2 Å². The normalized spacial score (nSPS) is 18.1. The molecule has 6 nitrogen and oxygen atoms in total. The van der Waals surface area contributed by atoms with E-state index in [-0.39, 0.29) is 0 Å².